The van der Waals surface area contributed by atoms with Gasteiger partial charge in [0.25, 0.3) is 0 Å². The summed E-state index contributed by atoms with van der Waals surface area (Å²) in [6, 6.07) is 5.93. The normalized spacial score (nSPS) is 18.2. The molecular formula is C17H24Cl2N2O. The Kier molecular flexibility index (Phi) is 6.13. The lowest BCUT2D eigenvalue weighted by atomic mass is 10.1. The van der Waals surface area contributed by atoms with E-state index in [2.05, 4.69) is 18.7 Å². The van der Waals surface area contributed by atoms with E-state index in [4.69, 9.17) is 23.2 Å². The Morgan fingerprint density at radius 2 is 1.86 bits per heavy atom. The summed E-state index contributed by atoms with van der Waals surface area (Å²) in [5, 5.41) is 1.01. The Hall–Kier alpha value is -0.770. The molecule has 1 saturated heterocycles. The number of carbonyl (C=O) groups is 1. The topological polar surface area (TPSA) is 23.6 Å². The first-order valence-electron chi connectivity index (χ1n) is 7.83. The molecule has 0 unspecified atom stereocenters. The third-order valence-electron chi connectivity index (χ3n) is 4.76. The Morgan fingerprint density at radius 3 is 2.45 bits per heavy atom. The molecule has 1 aromatic rings. The molecule has 0 saturated carbocycles. The summed E-state index contributed by atoms with van der Waals surface area (Å²) in [7, 11) is 1.89. The molecule has 3 nitrogen and oxygen atoms in total. The maximum atomic E-state index is 12.5. The first kappa shape index (κ1) is 17.6. The number of halogens is 2. The van der Waals surface area contributed by atoms with Gasteiger partial charge in [0.1, 0.15) is 0 Å². The smallest absolute Gasteiger partial charge is 0.227 e. The lowest BCUT2D eigenvalue weighted by Crippen LogP contribution is -2.49. The van der Waals surface area contributed by atoms with Gasteiger partial charge in [0.2, 0.25) is 5.91 Å². The van der Waals surface area contributed by atoms with Crippen LogP contribution in [-0.4, -0.2) is 47.9 Å². The summed E-state index contributed by atoms with van der Waals surface area (Å²) in [4.78, 5) is 16.8. The van der Waals surface area contributed by atoms with E-state index in [1.54, 1.807) is 12.1 Å². The van der Waals surface area contributed by atoms with Gasteiger partial charge < -0.3 is 4.90 Å². The van der Waals surface area contributed by atoms with Gasteiger partial charge in [-0.15, -0.1) is 0 Å². The number of likely N-dealkylation sites (tertiary alicyclic amines) is 1. The zero-order chi connectivity index (χ0) is 16.3. The van der Waals surface area contributed by atoms with Crippen molar-refractivity contribution in [2.75, 3.05) is 20.1 Å². The molecule has 0 spiro atoms. The molecule has 1 fully saturated rings. The molecule has 1 aliphatic rings. The number of likely N-dealkylation sites (N-methyl/N-ethyl adjacent to an activating group) is 1. The van der Waals surface area contributed by atoms with Crippen molar-refractivity contribution in [2.45, 2.75) is 45.2 Å². The monoisotopic (exact) mass is 342 g/mol. The second kappa shape index (κ2) is 7.67. The van der Waals surface area contributed by atoms with Crippen molar-refractivity contribution >= 4 is 29.1 Å². The van der Waals surface area contributed by atoms with Crippen molar-refractivity contribution in [3.8, 4) is 0 Å². The third-order valence-corrected chi connectivity index (χ3v) is 5.50. The number of benzene rings is 1. The predicted molar refractivity (Wildman–Crippen MR) is 92.7 cm³/mol. The summed E-state index contributed by atoms with van der Waals surface area (Å²) in [6.07, 6.45) is 2.88. The van der Waals surface area contributed by atoms with Gasteiger partial charge in [-0.1, -0.05) is 29.3 Å². The summed E-state index contributed by atoms with van der Waals surface area (Å²) in [5.74, 6) is 0.108. The highest BCUT2D eigenvalue weighted by Crippen LogP contribution is 2.23. The van der Waals surface area contributed by atoms with Crippen LogP contribution in [-0.2, 0) is 11.2 Å². The average Bonchev–Trinajstić information content (AvgIpc) is 3.03. The SMILES string of the molecule is C[C@H]([C@H](C)N1CCCC1)N(C)C(=O)Cc1ccc(Cl)c(Cl)c1. The van der Waals surface area contributed by atoms with Crippen LogP contribution in [0.1, 0.15) is 32.3 Å². The number of hydrogen-bond acceptors (Lipinski definition) is 2. The van der Waals surface area contributed by atoms with Gasteiger partial charge in [0.05, 0.1) is 16.5 Å². The maximum Gasteiger partial charge on any atom is 0.227 e. The van der Waals surface area contributed by atoms with E-state index in [1.165, 1.54) is 12.8 Å². The molecule has 1 aliphatic heterocycles. The van der Waals surface area contributed by atoms with Gasteiger partial charge in [-0.2, -0.15) is 0 Å². The molecule has 2 atom stereocenters. The Morgan fingerprint density at radius 1 is 1.23 bits per heavy atom. The predicted octanol–water partition coefficient (Wildman–Crippen LogP) is 3.87. The molecule has 1 heterocycles. The summed E-state index contributed by atoms with van der Waals surface area (Å²) >= 11 is 11.9. The van der Waals surface area contributed by atoms with Gasteiger partial charge in [-0.25, -0.2) is 0 Å². The van der Waals surface area contributed by atoms with Gasteiger partial charge in [-0.05, 0) is 57.5 Å². The van der Waals surface area contributed by atoms with E-state index in [-0.39, 0.29) is 11.9 Å². The van der Waals surface area contributed by atoms with E-state index in [0.29, 0.717) is 22.5 Å². The molecule has 2 rings (SSSR count). The number of hydrogen-bond donors (Lipinski definition) is 0. The molecule has 0 aromatic heterocycles. The fourth-order valence-corrected chi connectivity index (χ4v) is 3.27. The quantitative estimate of drug-likeness (QED) is 0.810. The first-order valence-corrected chi connectivity index (χ1v) is 8.59. The molecule has 5 heteroatoms. The van der Waals surface area contributed by atoms with Crippen LogP contribution in [0.5, 0.6) is 0 Å². The highest BCUT2D eigenvalue weighted by molar-refractivity contribution is 6.42. The second-order valence-electron chi connectivity index (χ2n) is 6.15. The van der Waals surface area contributed by atoms with E-state index in [9.17, 15) is 4.79 Å². The summed E-state index contributed by atoms with van der Waals surface area (Å²) in [5.41, 5.74) is 0.896. The maximum absolute atomic E-state index is 12.5. The van der Waals surface area contributed by atoms with Crippen LogP contribution in [0.3, 0.4) is 0 Å². The molecule has 1 amide bonds. The van der Waals surface area contributed by atoms with E-state index in [0.717, 1.165) is 18.7 Å². The fraction of sp³-hybridized carbons (Fsp3) is 0.588. The summed E-state index contributed by atoms with van der Waals surface area (Å²) < 4.78 is 0. The van der Waals surface area contributed by atoms with Crippen molar-refractivity contribution in [3.63, 3.8) is 0 Å². The Balaban J connectivity index is 1.96. The van der Waals surface area contributed by atoms with Gasteiger partial charge in [0.15, 0.2) is 0 Å². The van der Waals surface area contributed by atoms with E-state index >= 15 is 0 Å². The van der Waals surface area contributed by atoms with Gasteiger partial charge in [-0.3, -0.25) is 9.69 Å². The average molecular weight is 343 g/mol. The lowest BCUT2D eigenvalue weighted by Gasteiger charge is -2.35. The lowest BCUT2D eigenvalue weighted by molar-refractivity contribution is -0.132. The van der Waals surface area contributed by atoms with Crippen molar-refractivity contribution < 1.29 is 4.79 Å². The van der Waals surface area contributed by atoms with Crippen molar-refractivity contribution in [1.29, 1.82) is 0 Å². The molecule has 0 N–H and O–H groups in total. The molecule has 0 radical (unpaired) electrons. The zero-order valence-electron chi connectivity index (χ0n) is 13.5. The minimum Gasteiger partial charge on any atom is -0.341 e. The Bertz CT molecular complexity index is 529. The third kappa shape index (κ3) is 4.15. The number of rotatable bonds is 5. The fourth-order valence-electron chi connectivity index (χ4n) is 2.95. The number of carbonyl (C=O) groups excluding carboxylic acids is 1. The van der Waals surface area contributed by atoms with Crippen LogP contribution in [0.15, 0.2) is 18.2 Å². The molecular weight excluding hydrogens is 319 g/mol. The molecule has 1 aromatic carbocycles. The molecule has 122 valence electrons. The van der Waals surface area contributed by atoms with Crippen LogP contribution in [0.25, 0.3) is 0 Å². The number of amides is 1. The van der Waals surface area contributed by atoms with Crippen LogP contribution in [0.4, 0.5) is 0 Å². The van der Waals surface area contributed by atoms with Crippen LogP contribution in [0.2, 0.25) is 10.0 Å². The molecule has 0 bridgehead atoms. The van der Waals surface area contributed by atoms with E-state index in [1.807, 2.05) is 18.0 Å². The van der Waals surface area contributed by atoms with Crippen LogP contribution in [0, 0.1) is 0 Å². The highest BCUT2D eigenvalue weighted by atomic mass is 35.5. The Labute approximate surface area is 143 Å². The van der Waals surface area contributed by atoms with Crippen molar-refractivity contribution in [3.05, 3.63) is 33.8 Å². The van der Waals surface area contributed by atoms with Crippen molar-refractivity contribution in [1.82, 2.24) is 9.80 Å². The summed E-state index contributed by atoms with van der Waals surface area (Å²) in [6.45, 7) is 6.61. The second-order valence-corrected chi connectivity index (χ2v) is 6.97. The largest absolute Gasteiger partial charge is 0.341 e. The number of nitrogens with zero attached hydrogens (tertiary/aromatic N) is 2. The molecule has 22 heavy (non-hydrogen) atoms. The van der Waals surface area contributed by atoms with E-state index < -0.39 is 0 Å². The highest BCUT2D eigenvalue weighted by Gasteiger charge is 2.27. The van der Waals surface area contributed by atoms with Crippen molar-refractivity contribution in [2.24, 2.45) is 0 Å². The minimum absolute atomic E-state index is 0.108. The van der Waals surface area contributed by atoms with Crippen LogP contribution >= 0.6 is 23.2 Å². The van der Waals surface area contributed by atoms with Crippen LogP contribution < -0.4 is 0 Å². The zero-order valence-corrected chi connectivity index (χ0v) is 15.0. The first-order chi connectivity index (χ1) is 10.4. The van der Waals surface area contributed by atoms with Gasteiger partial charge in [0, 0.05) is 19.1 Å². The minimum atomic E-state index is 0.108. The van der Waals surface area contributed by atoms with Gasteiger partial charge >= 0.3 is 0 Å². The standard InChI is InChI=1S/C17H24Cl2N2O/c1-12(13(2)21-8-4-5-9-21)20(3)17(22)11-14-6-7-15(18)16(19)10-14/h6-7,10,12-13H,4-5,8-9,11H2,1-3H3/t12-,13+/m1/s1. The molecule has 0 aliphatic carbocycles.